The molecule has 1 rings (SSSR count). The lowest BCUT2D eigenvalue weighted by atomic mass is 10.2. The fraction of sp³-hybridized carbons (Fsp3) is 0.417. The summed E-state index contributed by atoms with van der Waals surface area (Å²) < 4.78 is 5.30. The van der Waals surface area contributed by atoms with Crippen LogP contribution in [0.3, 0.4) is 0 Å². The maximum Gasteiger partial charge on any atom is 0.310 e. The first-order valence-corrected chi connectivity index (χ1v) is 5.82. The summed E-state index contributed by atoms with van der Waals surface area (Å²) in [4.78, 5) is 21.8. The number of nitro benzene ring substituents is 1. The number of carbonyl (C=O) groups is 1. The van der Waals surface area contributed by atoms with E-state index in [1.165, 1.54) is 25.1 Å². The van der Waals surface area contributed by atoms with E-state index in [2.05, 4.69) is 5.32 Å². The van der Waals surface area contributed by atoms with Gasteiger partial charge in [-0.2, -0.15) is 0 Å². The molecule has 19 heavy (non-hydrogen) atoms. The Morgan fingerprint density at radius 2 is 2.26 bits per heavy atom. The molecule has 2 N–H and O–H groups in total. The Kier molecular flexibility index (Phi) is 5.25. The highest BCUT2D eigenvalue weighted by molar-refractivity contribution is 5.80. The Morgan fingerprint density at radius 3 is 2.79 bits per heavy atom. The minimum atomic E-state index is -0.854. The van der Waals surface area contributed by atoms with E-state index < -0.39 is 11.0 Å². The second-order valence-corrected chi connectivity index (χ2v) is 3.87. The second kappa shape index (κ2) is 6.69. The maximum atomic E-state index is 11.5. The first-order valence-electron chi connectivity index (χ1n) is 5.82. The van der Waals surface area contributed by atoms with E-state index >= 15 is 0 Å². The van der Waals surface area contributed by atoms with Crippen molar-refractivity contribution in [2.45, 2.75) is 26.6 Å². The van der Waals surface area contributed by atoms with Gasteiger partial charge in [-0.25, -0.2) is 0 Å². The van der Waals surface area contributed by atoms with Crippen LogP contribution in [-0.4, -0.2) is 28.6 Å². The monoisotopic (exact) mass is 268 g/mol. The number of aliphatic hydroxyl groups excluding tert-OH is 1. The van der Waals surface area contributed by atoms with Crippen LogP contribution < -0.4 is 10.1 Å². The van der Waals surface area contributed by atoms with Crippen LogP contribution >= 0.6 is 0 Å². The highest BCUT2D eigenvalue weighted by Crippen LogP contribution is 2.28. The van der Waals surface area contributed by atoms with Crippen molar-refractivity contribution in [3.8, 4) is 5.75 Å². The minimum Gasteiger partial charge on any atom is -0.474 e. The minimum absolute atomic E-state index is 0.0321. The summed E-state index contributed by atoms with van der Waals surface area (Å²) in [7, 11) is 0. The molecule has 0 fully saturated rings. The molecular weight excluding hydrogens is 252 g/mol. The van der Waals surface area contributed by atoms with Gasteiger partial charge < -0.3 is 15.2 Å². The van der Waals surface area contributed by atoms with Gasteiger partial charge in [0.25, 0.3) is 5.91 Å². The average Bonchev–Trinajstić information content (AvgIpc) is 2.38. The highest BCUT2D eigenvalue weighted by Gasteiger charge is 2.21. The van der Waals surface area contributed by atoms with Crippen molar-refractivity contribution in [3.05, 3.63) is 33.9 Å². The van der Waals surface area contributed by atoms with Crippen LogP contribution in [0.5, 0.6) is 5.75 Å². The summed E-state index contributed by atoms with van der Waals surface area (Å²) in [5, 5.41) is 22.4. The number of ether oxygens (including phenoxy) is 1. The quantitative estimate of drug-likeness (QED) is 0.591. The Hall–Kier alpha value is -2.15. The van der Waals surface area contributed by atoms with Crippen molar-refractivity contribution >= 4 is 11.6 Å². The molecule has 0 spiro atoms. The third kappa shape index (κ3) is 3.92. The summed E-state index contributed by atoms with van der Waals surface area (Å²) in [5.74, 6) is -0.387. The number of rotatable bonds is 6. The largest absolute Gasteiger partial charge is 0.474 e. The van der Waals surface area contributed by atoms with Gasteiger partial charge in [0.2, 0.25) is 0 Å². The molecule has 1 atom stereocenters. The Morgan fingerprint density at radius 1 is 1.58 bits per heavy atom. The molecule has 7 heteroatoms. The van der Waals surface area contributed by atoms with E-state index in [0.717, 1.165) is 0 Å². The van der Waals surface area contributed by atoms with Gasteiger partial charge in [-0.3, -0.25) is 14.9 Å². The number of nitrogens with zero attached hydrogens (tertiary/aromatic N) is 1. The molecule has 0 saturated carbocycles. The molecule has 0 bridgehead atoms. The first-order chi connectivity index (χ1) is 8.99. The zero-order valence-corrected chi connectivity index (χ0v) is 10.8. The lowest BCUT2D eigenvalue weighted by molar-refractivity contribution is -0.386. The molecule has 1 aromatic carbocycles. The molecule has 1 unspecified atom stereocenters. The van der Waals surface area contributed by atoms with E-state index in [1.807, 2.05) is 0 Å². The van der Waals surface area contributed by atoms with Crippen molar-refractivity contribution in [2.75, 3.05) is 6.54 Å². The predicted molar refractivity (Wildman–Crippen MR) is 67.8 cm³/mol. The van der Waals surface area contributed by atoms with E-state index in [4.69, 9.17) is 9.84 Å². The summed E-state index contributed by atoms with van der Waals surface area (Å²) in [6.45, 7) is 3.45. The third-order valence-corrected chi connectivity index (χ3v) is 2.43. The van der Waals surface area contributed by atoms with Crippen LogP contribution in [0.15, 0.2) is 18.2 Å². The molecule has 0 aliphatic rings. The maximum absolute atomic E-state index is 11.5. The fourth-order valence-electron chi connectivity index (χ4n) is 1.46. The zero-order valence-electron chi connectivity index (χ0n) is 10.8. The van der Waals surface area contributed by atoms with Crippen LogP contribution in [0.4, 0.5) is 5.69 Å². The molecule has 0 saturated heterocycles. The summed E-state index contributed by atoms with van der Waals surface area (Å²) in [6, 6.07) is 4.03. The summed E-state index contributed by atoms with van der Waals surface area (Å²) >= 11 is 0. The molecular formula is C12H16N2O5. The molecule has 0 aliphatic heterocycles. The number of nitrogens with one attached hydrogen (secondary N) is 1. The zero-order chi connectivity index (χ0) is 14.4. The van der Waals surface area contributed by atoms with Crippen molar-refractivity contribution < 1.29 is 19.6 Å². The van der Waals surface area contributed by atoms with Gasteiger partial charge >= 0.3 is 5.69 Å². The lowest BCUT2D eigenvalue weighted by Crippen LogP contribution is -2.36. The Balaban J connectivity index is 2.97. The second-order valence-electron chi connectivity index (χ2n) is 3.87. The van der Waals surface area contributed by atoms with Crippen molar-refractivity contribution in [1.82, 2.24) is 5.32 Å². The van der Waals surface area contributed by atoms with Crippen LogP contribution in [0, 0.1) is 10.1 Å². The molecule has 7 nitrogen and oxygen atoms in total. The number of aliphatic hydroxyl groups is 1. The van der Waals surface area contributed by atoms with Gasteiger partial charge in [-0.15, -0.1) is 0 Å². The Bertz CT molecular complexity index is 475. The van der Waals surface area contributed by atoms with Crippen molar-refractivity contribution in [3.63, 3.8) is 0 Å². The molecule has 104 valence electrons. The number of nitro groups is 1. The SMILES string of the molecule is CCNC(=O)C(C)Oc1cc(CO)ccc1[N+](=O)[O-]. The normalized spacial score (nSPS) is 11.7. The number of hydrogen-bond acceptors (Lipinski definition) is 5. The van der Waals surface area contributed by atoms with Crippen molar-refractivity contribution in [1.29, 1.82) is 0 Å². The summed E-state index contributed by atoms with van der Waals surface area (Å²) in [6.07, 6.45) is -0.854. The molecule has 0 radical (unpaired) electrons. The third-order valence-electron chi connectivity index (χ3n) is 2.43. The topological polar surface area (TPSA) is 102 Å². The van der Waals surface area contributed by atoms with Crippen molar-refractivity contribution in [2.24, 2.45) is 0 Å². The van der Waals surface area contributed by atoms with E-state index in [0.29, 0.717) is 12.1 Å². The van der Waals surface area contributed by atoms with Crippen LogP contribution in [0.25, 0.3) is 0 Å². The number of likely N-dealkylation sites (N-methyl/N-ethyl adjacent to an activating group) is 1. The standard InChI is InChI=1S/C12H16N2O5/c1-3-13-12(16)8(2)19-11-6-9(7-15)4-5-10(11)14(17)18/h4-6,8,15H,3,7H2,1-2H3,(H,13,16). The van der Waals surface area contributed by atoms with E-state index in [1.54, 1.807) is 6.92 Å². The van der Waals surface area contributed by atoms with Gasteiger partial charge in [0.15, 0.2) is 11.9 Å². The van der Waals surface area contributed by atoms with E-state index in [-0.39, 0.29) is 24.0 Å². The smallest absolute Gasteiger partial charge is 0.310 e. The first kappa shape index (κ1) is 14.9. The summed E-state index contributed by atoms with van der Waals surface area (Å²) in [5.41, 5.74) is 0.233. The highest BCUT2D eigenvalue weighted by atomic mass is 16.6. The van der Waals surface area contributed by atoms with Gasteiger partial charge in [0.05, 0.1) is 11.5 Å². The van der Waals surface area contributed by atoms with Gasteiger partial charge in [0, 0.05) is 12.6 Å². The van der Waals surface area contributed by atoms with Crippen LogP contribution in [0.1, 0.15) is 19.4 Å². The predicted octanol–water partition coefficient (Wildman–Crippen LogP) is 0.990. The van der Waals surface area contributed by atoms with Crippen LogP contribution in [0.2, 0.25) is 0 Å². The number of carbonyl (C=O) groups excluding carboxylic acids is 1. The molecule has 1 amide bonds. The van der Waals surface area contributed by atoms with E-state index in [9.17, 15) is 14.9 Å². The average molecular weight is 268 g/mol. The van der Waals surface area contributed by atoms with Gasteiger partial charge in [0.1, 0.15) is 0 Å². The fourth-order valence-corrected chi connectivity index (χ4v) is 1.46. The number of hydrogen-bond donors (Lipinski definition) is 2. The molecule has 0 aliphatic carbocycles. The lowest BCUT2D eigenvalue weighted by Gasteiger charge is -2.14. The van der Waals surface area contributed by atoms with Gasteiger partial charge in [-0.1, -0.05) is 0 Å². The number of amides is 1. The molecule has 0 aromatic heterocycles. The Labute approximate surface area is 110 Å². The number of benzene rings is 1. The van der Waals surface area contributed by atoms with Crippen LogP contribution in [-0.2, 0) is 11.4 Å². The molecule has 0 heterocycles. The van der Waals surface area contributed by atoms with Gasteiger partial charge in [-0.05, 0) is 31.5 Å². The molecule has 1 aromatic rings.